The Balaban J connectivity index is 1.37. The number of hydrogen-bond donors (Lipinski definition) is 1. The first kappa shape index (κ1) is 23.6. The number of sulfonamides is 1. The first-order chi connectivity index (χ1) is 16.4. The molecule has 2 aromatic rings. The van der Waals surface area contributed by atoms with E-state index in [1.807, 2.05) is 24.3 Å². The van der Waals surface area contributed by atoms with Crippen molar-refractivity contribution >= 4 is 26.7 Å². The van der Waals surface area contributed by atoms with E-state index in [9.17, 15) is 13.2 Å². The van der Waals surface area contributed by atoms with Crippen molar-refractivity contribution in [2.75, 3.05) is 19.6 Å². The Morgan fingerprint density at radius 3 is 2.29 bits per heavy atom. The van der Waals surface area contributed by atoms with E-state index in [0.717, 1.165) is 55.0 Å². The molecule has 3 aliphatic rings. The summed E-state index contributed by atoms with van der Waals surface area (Å²) in [5.41, 5.74) is 5.99. The van der Waals surface area contributed by atoms with Crippen molar-refractivity contribution in [3.05, 3.63) is 36.4 Å². The molecule has 184 valence electrons. The zero-order valence-corrected chi connectivity index (χ0v) is 20.5. The minimum Gasteiger partial charge on any atom is -0.490 e. The second-order valence-corrected chi connectivity index (χ2v) is 11.9. The Bertz CT molecular complexity index is 1140. The van der Waals surface area contributed by atoms with Gasteiger partial charge in [-0.05, 0) is 86.4 Å². The van der Waals surface area contributed by atoms with Crippen molar-refractivity contribution in [2.45, 2.75) is 80.9 Å². The summed E-state index contributed by atoms with van der Waals surface area (Å²) in [7, 11) is -3.80. The van der Waals surface area contributed by atoms with Gasteiger partial charge in [-0.2, -0.15) is 4.31 Å². The molecule has 1 amide bonds. The second-order valence-electron chi connectivity index (χ2n) is 9.99. The Hall–Kier alpha value is -2.16. The van der Waals surface area contributed by atoms with Gasteiger partial charge in [0.15, 0.2) is 0 Å². The molecule has 0 spiro atoms. The van der Waals surface area contributed by atoms with Crippen molar-refractivity contribution in [2.24, 2.45) is 5.73 Å². The molecule has 0 radical (unpaired) electrons. The summed E-state index contributed by atoms with van der Waals surface area (Å²) in [6.45, 7) is 1.58. The molecule has 1 atom stereocenters. The monoisotopic (exact) mass is 485 g/mol. The van der Waals surface area contributed by atoms with Crippen LogP contribution in [-0.2, 0) is 14.8 Å². The number of amides is 1. The fourth-order valence-electron chi connectivity index (χ4n) is 5.54. The van der Waals surface area contributed by atoms with Gasteiger partial charge < -0.3 is 15.4 Å². The van der Waals surface area contributed by atoms with Crippen molar-refractivity contribution < 1.29 is 17.9 Å². The predicted octanol–water partition coefficient (Wildman–Crippen LogP) is 3.65. The lowest BCUT2D eigenvalue weighted by atomic mass is 10.0. The van der Waals surface area contributed by atoms with E-state index < -0.39 is 16.1 Å². The Morgan fingerprint density at radius 2 is 1.53 bits per heavy atom. The highest BCUT2D eigenvalue weighted by Gasteiger charge is 2.40. The third kappa shape index (κ3) is 4.81. The molecular formula is C26H35N3O4S. The maximum Gasteiger partial charge on any atom is 0.243 e. The Kier molecular flexibility index (Phi) is 6.82. The minimum absolute atomic E-state index is 0.0790. The van der Waals surface area contributed by atoms with Gasteiger partial charge in [0.25, 0.3) is 0 Å². The summed E-state index contributed by atoms with van der Waals surface area (Å²) in [5.74, 6) is 0.752. The number of benzene rings is 2. The average Bonchev–Trinajstić information content (AvgIpc) is 3.37. The fourth-order valence-corrected chi connectivity index (χ4v) is 7.23. The zero-order chi connectivity index (χ0) is 23.7. The summed E-state index contributed by atoms with van der Waals surface area (Å²) in [6, 6.07) is 10.5. The smallest absolute Gasteiger partial charge is 0.243 e. The molecule has 2 saturated heterocycles. The van der Waals surface area contributed by atoms with Crippen LogP contribution in [0.4, 0.5) is 0 Å². The molecule has 5 rings (SSSR count). The summed E-state index contributed by atoms with van der Waals surface area (Å²) in [6.07, 6.45) is 8.61. The molecule has 7 nitrogen and oxygen atoms in total. The van der Waals surface area contributed by atoms with Gasteiger partial charge in [0.2, 0.25) is 15.9 Å². The molecule has 2 aromatic carbocycles. The van der Waals surface area contributed by atoms with Gasteiger partial charge in [0, 0.05) is 25.7 Å². The van der Waals surface area contributed by atoms with Gasteiger partial charge in [-0.1, -0.05) is 18.6 Å². The molecule has 1 aliphatic carbocycles. The number of nitrogens with two attached hydrogens (primary N) is 1. The summed E-state index contributed by atoms with van der Waals surface area (Å²) < 4.78 is 34.9. The highest BCUT2D eigenvalue weighted by molar-refractivity contribution is 7.89. The zero-order valence-electron chi connectivity index (χ0n) is 19.7. The van der Waals surface area contributed by atoms with Crippen molar-refractivity contribution in [3.8, 4) is 5.75 Å². The van der Waals surface area contributed by atoms with Crippen molar-refractivity contribution in [3.63, 3.8) is 0 Å². The van der Waals surface area contributed by atoms with Crippen LogP contribution in [0.1, 0.15) is 57.8 Å². The highest BCUT2D eigenvalue weighted by atomic mass is 32.2. The number of nitrogens with zero attached hydrogens (tertiary/aromatic N) is 2. The quantitative estimate of drug-likeness (QED) is 0.698. The van der Waals surface area contributed by atoms with Gasteiger partial charge >= 0.3 is 0 Å². The summed E-state index contributed by atoms with van der Waals surface area (Å²) >= 11 is 0. The average molecular weight is 486 g/mol. The first-order valence-electron chi connectivity index (χ1n) is 12.7. The number of likely N-dealkylation sites (tertiary alicyclic amines) is 1. The molecule has 2 heterocycles. The SMILES string of the molecule is NC1CCN(C(=O)[C@@H]2CCCCN2S(=O)(=O)c2ccc3cc(OC4CCCC4)ccc3c2)CC1. The van der Waals surface area contributed by atoms with E-state index in [4.69, 9.17) is 10.5 Å². The van der Waals surface area contributed by atoms with Gasteiger partial charge in [0.05, 0.1) is 11.0 Å². The maximum atomic E-state index is 13.7. The predicted molar refractivity (Wildman–Crippen MR) is 132 cm³/mol. The maximum absolute atomic E-state index is 13.7. The van der Waals surface area contributed by atoms with Crippen molar-refractivity contribution in [1.82, 2.24) is 9.21 Å². The van der Waals surface area contributed by atoms with E-state index in [1.54, 1.807) is 17.0 Å². The molecule has 0 bridgehead atoms. The van der Waals surface area contributed by atoms with Crippen LogP contribution in [0.15, 0.2) is 41.3 Å². The van der Waals surface area contributed by atoms with E-state index in [-0.39, 0.29) is 22.9 Å². The van der Waals surface area contributed by atoms with E-state index in [0.29, 0.717) is 26.1 Å². The van der Waals surface area contributed by atoms with E-state index >= 15 is 0 Å². The van der Waals surface area contributed by atoms with Gasteiger partial charge in [-0.3, -0.25) is 4.79 Å². The molecule has 8 heteroatoms. The second kappa shape index (κ2) is 9.84. The van der Waals surface area contributed by atoms with Crippen LogP contribution in [0.2, 0.25) is 0 Å². The Morgan fingerprint density at radius 1 is 0.853 bits per heavy atom. The normalized spacial score (nSPS) is 23.4. The summed E-state index contributed by atoms with van der Waals surface area (Å²) in [4.78, 5) is 15.3. The number of piperidine rings is 2. The molecule has 2 N–H and O–H groups in total. The number of hydrogen-bond acceptors (Lipinski definition) is 5. The number of carbonyl (C=O) groups is 1. The third-order valence-electron chi connectivity index (χ3n) is 7.58. The molecule has 1 saturated carbocycles. The molecule has 2 aliphatic heterocycles. The number of fused-ring (bicyclic) bond motifs is 1. The number of ether oxygens (including phenoxy) is 1. The van der Waals surface area contributed by atoms with Crippen LogP contribution < -0.4 is 10.5 Å². The molecule has 34 heavy (non-hydrogen) atoms. The van der Waals surface area contributed by atoms with Gasteiger partial charge in [-0.15, -0.1) is 0 Å². The van der Waals surface area contributed by atoms with E-state index in [2.05, 4.69) is 0 Å². The lowest BCUT2D eigenvalue weighted by Crippen LogP contribution is -2.55. The van der Waals surface area contributed by atoms with Crippen LogP contribution in [0.5, 0.6) is 5.75 Å². The number of carbonyl (C=O) groups excluding carboxylic acids is 1. The Labute approximate surface area is 202 Å². The fraction of sp³-hybridized carbons (Fsp3) is 0.577. The lowest BCUT2D eigenvalue weighted by molar-refractivity contribution is -0.137. The standard InChI is InChI=1S/C26H35N3O4S/c27-21-12-15-28(16-13-21)26(30)25-7-3-4-14-29(25)34(31,32)24-11-9-19-17-23(10-8-20(19)18-24)33-22-5-1-2-6-22/h8-11,17-18,21-22,25H,1-7,12-16,27H2/t25-/m0/s1. The first-order valence-corrected chi connectivity index (χ1v) is 14.1. The van der Waals surface area contributed by atoms with Crippen LogP contribution in [-0.4, -0.2) is 61.4 Å². The lowest BCUT2D eigenvalue weighted by Gasteiger charge is -2.38. The van der Waals surface area contributed by atoms with Crippen LogP contribution >= 0.6 is 0 Å². The molecule has 0 aromatic heterocycles. The largest absolute Gasteiger partial charge is 0.490 e. The highest BCUT2D eigenvalue weighted by Crippen LogP contribution is 2.31. The summed E-state index contributed by atoms with van der Waals surface area (Å²) in [5, 5.41) is 1.80. The van der Waals surface area contributed by atoms with Crippen LogP contribution in [0.25, 0.3) is 10.8 Å². The molecule has 0 unspecified atom stereocenters. The van der Waals surface area contributed by atoms with Crippen LogP contribution in [0.3, 0.4) is 0 Å². The molecular weight excluding hydrogens is 450 g/mol. The van der Waals surface area contributed by atoms with E-state index in [1.165, 1.54) is 17.1 Å². The third-order valence-corrected chi connectivity index (χ3v) is 9.49. The topological polar surface area (TPSA) is 92.9 Å². The van der Waals surface area contributed by atoms with Gasteiger partial charge in [-0.25, -0.2) is 8.42 Å². The van der Waals surface area contributed by atoms with Crippen molar-refractivity contribution in [1.29, 1.82) is 0 Å². The number of rotatable bonds is 5. The van der Waals surface area contributed by atoms with Crippen LogP contribution in [0, 0.1) is 0 Å². The van der Waals surface area contributed by atoms with Gasteiger partial charge in [0.1, 0.15) is 11.8 Å². The molecule has 3 fully saturated rings. The minimum atomic E-state index is -3.80.